The highest BCUT2D eigenvalue weighted by Gasteiger charge is 2.22. The van der Waals surface area contributed by atoms with Crippen LogP contribution in [0.4, 0.5) is 10.1 Å². The molecule has 27 heavy (non-hydrogen) atoms. The molecular weight excluding hydrogens is 349 g/mol. The summed E-state index contributed by atoms with van der Waals surface area (Å²) in [5, 5.41) is 12.0. The van der Waals surface area contributed by atoms with Crippen LogP contribution in [0.1, 0.15) is 21.8 Å². The minimum absolute atomic E-state index is 0.296. The van der Waals surface area contributed by atoms with Gasteiger partial charge in [0.1, 0.15) is 22.8 Å². The minimum atomic E-state index is -0.379. The number of carbonyl (C=O) groups excluding carboxylic acids is 1. The molecular formula is C19H16FN5O2. The molecule has 0 aliphatic rings. The molecule has 8 heteroatoms. The second kappa shape index (κ2) is 6.31. The van der Waals surface area contributed by atoms with Gasteiger partial charge in [-0.2, -0.15) is 5.10 Å². The molecule has 0 aliphatic heterocycles. The highest BCUT2D eigenvalue weighted by molar-refractivity contribution is 6.09. The van der Waals surface area contributed by atoms with E-state index in [-0.39, 0.29) is 11.7 Å². The van der Waals surface area contributed by atoms with Gasteiger partial charge in [-0.15, -0.1) is 0 Å². The monoisotopic (exact) mass is 365 g/mol. The number of fused-ring (bicyclic) bond motifs is 1. The van der Waals surface area contributed by atoms with E-state index < -0.39 is 0 Å². The van der Waals surface area contributed by atoms with Crippen LogP contribution in [0.25, 0.3) is 22.3 Å². The summed E-state index contributed by atoms with van der Waals surface area (Å²) in [6.07, 6.45) is 1.57. The Morgan fingerprint density at radius 2 is 1.96 bits per heavy atom. The first kappa shape index (κ1) is 16.9. The maximum Gasteiger partial charge on any atom is 0.261 e. The van der Waals surface area contributed by atoms with Crippen molar-refractivity contribution < 1.29 is 13.7 Å². The molecule has 0 saturated carbocycles. The normalized spacial score (nSPS) is 11.1. The van der Waals surface area contributed by atoms with E-state index in [9.17, 15) is 9.18 Å². The molecule has 1 aromatic carbocycles. The van der Waals surface area contributed by atoms with Crippen LogP contribution >= 0.6 is 0 Å². The molecule has 3 aromatic heterocycles. The third kappa shape index (κ3) is 2.95. The van der Waals surface area contributed by atoms with Gasteiger partial charge in [0.2, 0.25) is 0 Å². The van der Waals surface area contributed by atoms with E-state index in [4.69, 9.17) is 4.52 Å². The number of carbonyl (C=O) groups is 1. The average Bonchev–Trinajstić information content (AvgIpc) is 3.16. The molecule has 0 atom stereocenters. The van der Waals surface area contributed by atoms with Crippen LogP contribution in [0.2, 0.25) is 0 Å². The molecule has 1 N–H and O–H groups in total. The number of hydrogen-bond acceptors (Lipinski definition) is 5. The highest BCUT2D eigenvalue weighted by atomic mass is 19.1. The third-order valence-electron chi connectivity index (χ3n) is 4.33. The SMILES string of the molecule is Cc1onc(-c2ccc(F)cc2)c1C(=O)Nc1cnc2c(c1)c(C)nn2C. The van der Waals surface area contributed by atoms with Crippen molar-refractivity contribution in [3.05, 3.63) is 59.4 Å². The molecule has 4 aromatic rings. The second-order valence-corrected chi connectivity index (χ2v) is 6.23. The van der Waals surface area contributed by atoms with Crippen molar-refractivity contribution in [1.82, 2.24) is 19.9 Å². The van der Waals surface area contributed by atoms with Gasteiger partial charge >= 0.3 is 0 Å². The number of nitrogens with one attached hydrogen (secondary N) is 1. The predicted octanol–water partition coefficient (Wildman–Crippen LogP) is 3.63. The molecule has 0 radical (unpaired) electrons. The Hall–Kier alpha value is -3.55. The first-order chi connectivity index (χ1) is 12.9. The van der Waals surface area contributed by atoms with Gasteiger partial charge in [0.25, 0.3) is 5.91 Å². The topological polar surface area (TPSA) is 85.8 Å². The molecule has 1 amide bonds. The van der Waals surface area contributed by atoms with Gasteiger partial charge in [0.15, 0.2) is 5.65 Å². The number of aromatic nitrogens is 4. The summed E-state index contributed by atoms with van der Waals surface area (Å²) >= 11 is 0. The summed E-state index contributed by atoms with van der Waals surface area (Å²) in [5.41, 5.74) is 3.34. The van der Waals surface area contributed by atoms with E-state index >= 15 is 0 Å². The molecule has 0 fully saturated rings. The van der Waals surface area contributed by atoms with Crippen LogP contribution in [0.15, 0.2) is 41.1 Å². The third-order valence-corrected chi connectivity index (χ3v) is 4.33. The summed E-state index contributed by atoms with van der Waals surface area (Å²) < 4.78 is 20.1. The van der Waals surface area contributed by atoms with Crippen molar-refractivity contribution >= 4 is 22.6 Å². The van der Waals surface area contributed by atoms with Crippen molar-refractivity contribution in [3.63, 3.8) is 0 Å². The lowest BCUT2D eigenvalue weighted by atomic mass is 10.1. The van der Waals surface area contributed by atoms with Gasteiger partial charge in [-0.1, -0.05) is 5.16 Å². The molecule has 0 saturated heterocycles. The van der Waals surface area contributed by atoms with E-state index in [2.05, 4.69) is 20.6 Å². The number of benzene rings is 1. The Morgan fingerprint density at radius 1 is 1.22 bits per heavy atom. The number of aryl methyl sites for hydroxylation is 3. The van der Waals surface area contributed by atoms with Crippen molar-refractivity contribution in [2.24, 2.45) is 7.05 Å². The van der Waals surface area contributed by atoms with Crippen LogP contribution in [-0.2, 0) is 7.05 Å². The zero-order chi connectivity index (χ0) is 19.1. The van der Waals surface area contributed by atoms with E-state index in [1.54, 1.807) is 29.9 Å². The van der Waals surface area contributed by atoms with E-state index in [0.29, 0.717) is 28.3 Å². The number of anilines is 1. The number of amides is 1. The van der Waals surface area contributed by atoms with Gasteiger partial charge in [0.05, 0.1) is 17.6 Å². The van der Waals surface area contributed by atoms with Crippen LogP contribution in [0.3, 0.4) is 0 Å². The Balaban J connectivity index is 1.69. The zero-order valence-corrected chi connectivity index (χ0v) is 14.9. The Labute approximate surface area is 153 Å². The maximum absolute atomic E-state index is 13.2. The Morgan fingerprint density at radius 3 is 2.70 bits per heavy atom. The van der Waals surface area contributed by atoms with Crippen molar-refractivity contribution in [1.29, 1.82) is 0 Å². The largest absolute Gasteiger partial charge is 0.360 e. The quantitative estimate of drug-likeness (QED) is 0.599. The van der Waals surface area contributed by atoms with E-state index in [0.717, 1.165) is 16.7 Å². The lowest BCUT2D eigenvalue weighted by molar-refractivity contribution is 0.102. The van der Waals surface area contributed by atoms with E-state index in [1.165, 1.54) is 12.1 Å². The number of halogens is 1. The highest BCUT2D eigenvalue weighted by Crippen LogP contribution is 2.27. The minimum Gasteiger partial charge on any atom is -0.360 e. The second-order valence-electron chi connectivity index (χ2n) is 6.23. The molecule has 0 spiro atoms. The van der Waals surface area contributed by atoms with E-state index in [1.807, 2.05) is 20.0 Å². The number of pyridine rings is 1. The summed E-state index contributed by atoms with van der Waals surface area (Å²) in [7, 11) is 1.82. The maximum atomic E-state index is 13.2. The first-order valence-electron chi connectivity index (χ1n) is 8.27. The fourth-order valence-corrected chi connectivity index (χ4v) is 3.01. The smallest absolute Gasteiger partial charge is 0.261 e. The molecule has 3 heterocycles. The molecule has 7 nitrogen and oxygen atoms in total. The van der Waals surface area contributed by atoms with Crippen LogP contribution in [0, 0.1) is 19.7 Å². The van der Waals surface area contributed by atoms with Gasteiger partial charge in [-0.25, -0.2) is 9.37 Å². The Kier molecular flexibility index (Phi) is 3.95. The van der Waals surface area contributed by atoms with Gasteiger partial charge in [0, 0.05) is 18.0 Å². The van der Waals surface area contributed by atoms with Gasteiger partial charge < -0.3 is 9.84 Å². The predicted molar refractivity (Wildman–Crippen MR) is 97.8 cm³/mol. The first-order valence-corrected chi connectivity index (χ1v) is 8.27. The van der Waals surface area contributed by atoms with Crippen molar-refractivity contribution in [2.45, 2.75) is 13.8 Å². The Bertz CT molecular complexity index is 1160. The lowest BCUT2D eigenvalue weighted by Crippen LogP contribution is -2.13. The fraction of sp³-hybridized carbons (Fsp3) is 0.158. The number of nitrogens with zero attached hydrogens (tertiary/aromatic N) is 4. The number of rotatable bonds is 3. The molecule has 136 valence electrons. The van der Waals surface area contributed by atoms with Crippen LogP contribution in [-0.4, -0.2) is 25.8 Å². The van der Waals surface area contributed by atoms with Gasteiger partial charge in [-0.05, 0) is 44.2 Å². The van der Waals surface area contributed by atoms with Crippen LogP contribution in [0.5, 0.6) is 0 Å². The zero-order valence-electron chi connectivity index (χ0n) is 14.9. The molecule has 0 aliphatic carbocycles. The molecule has 0 unspecified atom stereocenters. The average molecular weight is 365 g/mol. The van der Waals surface area contributed by atoms with Crippen LogP contribution < -0.4 is 5.32 Å². The summed E-state index contributed by atoms with van der Waals surface area (Å²) in [5.74, 6) is -0.370. The summed E-state index contributed by atoms with van der Waals surface area (Å²) in [6, 6.07) is 7.54. The standard InChI is InChI=1S/C19H16FN5O2/c1-10-15-8-14(9-21-18(15)25(3)23-10)22-19(26)16-11(2)27-24-17(16)12-4-6-13(20)7-5-12/h4-9H,1-3H3,(H,22,26). The van der Waals surface area contributed by atoms with Crippen molar-refractivity contribution in [2.75, 3.05) is 5.32 Å². The fourth-order valence-electron chi connectivity index (χ4n) is 3.01. The van der Waals surface area contributed by atoms with Gasteiger partial charge in [-0.3, -0.25) is 9.48 Å². The van der Waals surface area contributed by atoms with Crippen molar-refractivity contribution in [3.8, 4) is 11.3 Å². The summed E-state index contributed by atoms with van der Waals surface area (Å²) in [6.45, 7) is 3.54. The molecule has 0 bridgehead atoms. The number of hydrogen-bond donors (Lipinski definition) is 1. The molecule has 4 rings (SSSR count). The lowest BCUT2D eigenvalue weighted by Gasteiger charge is -2.06. The summed E-state index contributed by atoms with van der Waals surface area (Å²) in [4.78, 5) is 17.2.